The molecule has 0 atom stereocenters. The van der Waals surface area contributed by atoms with Crippen LogP contribution in [0.15, 0.2) is 46.7 Å². The van der Waals surface area contributed by atoms with Crippen LogP contribution in [0.2, 0.25) is 0 Å². The number of amides is 2. The number of ether oxygens (including phenoxy) is 2. The van der Waals surface area contributed by atoms with E-state index in [9.17, 15) is 9.59 Å². The average molecular weight is 440 g/mol. The number of carbonyl (C=O) groups is 2. The molecule has 1 saturated heterocycles. The highest BCUT2D eigenvalue weighted by molar-refractivity contribution is 6.35. The molecule has 2 amide bonds. The fourth-order valence-electron chi connectivity index (χ4n) is 4.41. The first-order valence-electron chi connectivity index (χ1n) is 10.7. The molecule has 2 aliphatic heterocycles. The molecule has 4 rings (SSSR count). The molecular weight excluding hydrogens is 410 g/mol. The Morgan fingerprint density at radius 1 is 1.06 bits per heavy atom. The van der Waals surface area contributed by atoms with Crippen molar-refractivity contribution in [1.82, 2.24) is 14.7 Å². The van der Waals surface area contributed by atoms with Crippen LogP contribution in [0.25, 0.3) is 5.57 Å². The first-order chi connectivity index (χ1) is 15.4. The molecule has 0 aliphatic carbocycles. The number of piperidine rings is 1. The van der Waals surface area contributed by atoms with Crippen LogP contribution in [0.5, 0.6) is 11.5 Å². The SMILES string of the molecule is COc1ccc(C2=C(N(C)C3CCN(C)CC3)C(=O)N(Cc3ccco3)C2=O)cc1OC. The Bertz CT molecular complexity index is 1020. The van der Waals surface area contributed by atoms with Gasteiger partial charge in [-0.15, -0.1) is 0 Å². The highest BCUT2D eigenvalue weighted by atomic mass is 16.5. The van der Waals surface area contributed by atoms with E-state index in [1.807, 2.05) is 11.9 Å². The molecule has 3 heterocycles. The van der Waals surface area contributed by atoms with Crippen molar-refractivity contribution >= 4 is 17.4 Å². The Morgan fingerprint density at radius 3 is 2.41 bits per heavy atom. The minimum Gasteiger partial charge on any atom is -0.493 e. The third-order valence-corrected chi connectivity index (χ3v) is 6.30. The van der Waals surface area contributed by atoms with Crippen LogP contribution >= 0.6 is 0 Å². The number of methoxy groups -OCH3 is 2. The molecule has 0 saturated carbocycles. The number of carbonyl (C=O) groups excluding carboxylic acids is 2. The van der Waals surface area contributed by atoms with Crippen LogP contribution in [-0.4, -0.2) is 74.0 Å². The molecule has 1 fully saturated rings. The molecule has 8 heteroatoms. The summed E-state index contributed by atoms with van der Waals surface area (Å²) in [4.78, 5) is 32.6. The highest BCUT2D eigenvalue weighted by Gasteiger charge is 2.43. The van der Waals surface area contributed by atoms with Crippen molar-refractivity contribution in [3.63, 3.8) is 0 Å². The number of likely N-dealkylation sites (N-methyl/N-ethyl adjacent to an activating group) is 1. The third-order valence-electron chi connectivity index (χ3n) is 6.30. The van der Waals surface area contributed by atoms with E-state index in [1.54, 1.807) is 44.6 Å². The Kier molecular flexibility index (Phi) is 6.23. The molecule has 0 radical (unpaired) electrons. The van der Waals surface area contributed by atoms with E-state index in [1.165, 1.54) is 11.2 Å². The van der Waals surface area contributed by atoms with Gasteiger partial charge in [0, 0.05) is 13.1 Å². The number of hydrogen-bond acceptors (Lipinski definition) is 7. The van der Waals surface area contributed by atoms with Gasteiger partial charge in [0.2, 0.25) is 0 Å². The smallest absolute Gasteiger partial charge is 0.278 e. The topological polar surface area (TPSA) is 75.5 Å². The van der Waals surface area contributed by atoms with Gasteiger partial charge in [-0.05, 0) is 62.8 Å². The highest BCUT2D eigenvalue weighted by Crippen LogP contribution is 2.37. The predicted molar refractivity (Wildman–Crippen MR) is 119 cm³/mol. The van der Waals surface area contributed by atoms with E-state index in [0.717, 1.165) is 25.9 Å². The maximum atomic E-state index is 13.5. The standard InChI is InChI=1S/C24H29N3O5/c1-25-11-9-17(10-12-25)26(2)22-21(16-7-8-19(30-3)20(14-16)31-4)23(28)27(24(22)29)15-18-6-5-13-32-18/h5-8,13-14,17H,9-12,15H2,1-4H3. The number of furan rings is 1. The third kappa shape index (κ3) is 3.98. The Labute approximate surface area is 188 Å². The Balaban J connectivity index is 1.76. The molecule has 170 valence electrons. The summed E-state index contributed by atoms with van der Waals surface area (Å²) in [6, 6.07) is 8.97. The molecule has 0 spiro atoms. The number of rotatable bonds is 7. The zero-order valence-corrected chi connectivity index (χ0v) is 19.0. The van der Waals surface area contributed by atoms with Gasteiger partial charge in [-0.25, -0.2) is 0 Å². The van der Waals surface area contributed by atoms with Gasteiger partial charge < -0.3 is 23.7 Å². The molecular formula is C24H29N3O5. The van der Waals surface area contributed by atoms with Crippen LogP contribution in [0.1, 0.15) is 24.2 Å². The molecule has 2 aromatic rings. The summed E-state index contributed by atoms with van der Waals surface area (Å²) in [7, 11) is 7.12. The van der Waals surface area contributed by atoms with Gasteiger partial charge in [-0.3, -0.25) is 14.5 Å². The second-order valence-corrected chi connectivity index (χ2v) is 8.21. The van der Waals surface area contributed by atoms with Crippen molar-refractivity contribution in [2.45, 2.75) is 25.4 Å². The average Bonchev–Trinajstić information content (AvgIpc) is 3.41. The monoisotopic (exact) mass is 439 g/mol. The van der Waals surface area contributed by atoms with E-state index in [4.69, 9.17) is 13.9 Å². The van der Waals surface area contributed by atoms with Crippen molar-refractivity contribution in [1.29, 1.82) is 0 Å². The lowest BCUT2D eigenvalue weighted by molar-refractivity contribution is -0.138. The molecule has 0 unspecified atom stereocenters. The number of benzene rings is 1. The normalized spacial score (nSPS) is 17.9. The maximum absolute atomic E-state index is 13.5. The lowest BCUT2D eigenvalue weighted by Gasteiger charge is -2.36. The lowest BCUT2D eigenvalue weighted by atomic mass is 10.00. The quantitative estimate of drug-likeness (QED) is 0.614. The summed E-state index contributed by atoms with van der Waals surface area (Å²) < 4.78 is 16.2. The zero-order chi connectivity index (χ0) is 22.8. The molecule has 2 aliphatic rings. The van der Waals surface area contributed by atoms with Gasteiger partial charge in [0.25, 0.3) is 11.8 Å². The second kappa shape index (κ2) is 9.08. The minimum atomic E-state index is -0.339. The van der Waals surface area contributed by atoms with E-state index in [-0.39, 0.29) is 24.4 Å². The van der Waals surface area contributed by atoms with Gasteiger partial charge in [0.05, 0.1) is 32.6 Å². The first-order valence-corrected chi connectivity index (χ1v) is 10.7. The second-order valence-electron chi connectivity index (χ2n) is 8.21. The van der Waals surface area contributed by atoms with Crippen LogP contribution in [0.3, 0.4) is 0 Å². The van der Waals surface area contributed by atoms with Crippen LogP contribution in [0.4, 0.5) is 0 Å². The van der Waals surface area contributed by atoms with Gasteiger partial charge in [-0.2, -0.15) is 0 Å². The number of nitrogens with zero attached hydrogens (tertiary/aromatic N) is 3. The summed E-state index contributed by atoms with van der Waals surface area (Å²) in [5.41, 5.74) is 1.42. The van der Waals surface area contributed by atoms with E-state index < -0.39 is 0 Å². The predicted octanol–water partition coefficient (Wildman–Crippen LogP) is 2.60. The van der Waals surface area contributed by atoms with Crippen molar-refractivity contribution < 1.29 is 23.5 Å². The van der Waals surface area contributed by atoms with Crippen molar-refractivity contribution in [2.24, 2.45) is 0 Å². The number of likely N-dealkylation sites (tertiary alicyclic amines) is 1. The van der Waals surface area contributed by atoms with E-state index in [2.05, 4.69) is 11.9 Å². The first kappa shape index (κ1) is 22.0. The van der Waals surface area contributed by atoms with Crippen LogP contribution < -0.4 is 9.47 Å². The lowest BCUT2D eigenvalue weighted by Crippen LogP contribution is -2.43. The maximum Gasteiger partial charge on any atom is 0.278 e. The number of hydrogen-bond donors (Lipinski definition) is 0. The Morgan fingerprint density at radius 2 is 1.78 bits per heavy atom. The number of imide groups is 1. The van der Waals surface area contributed by atoms with Gasteiger partial charge in [0.1, 0.15) is 11.5 Å². The molecule has 0 bridgehead atoms. The van der Waals surface area contributed by atoms with Gasteiger partial charge in [-0.1, -0.05) is 6.07 Å². The molecule has 0 N–H and O–H groups in total. The zero-order valence-electron chi connectivity index (χ0n) is 19.0. The summed E-state index contributed by atoms with van der Waals surface area (Å²) in [6.07, 6.45) is 3.39. The summed E-state index contributed by atoms with van der Waals surface area (Å²) >= 11 is 0. The molecule has 1 aromatic carbocycles. The fourth-order valence-corrected chi connectivity index (χ4v) is 4.41. The Hall–Kier alpha value is -3.26. The van der Waals surface area contributed by atoms with Crippen molar-refractivity contribution in [3.05, 3.63) is 53.6 Å². The van der Waals surface area contributed by atoms with Crippen LogP contribution in [-0.2, 0) is 16.1 Å². The minimum absolute atomic E-state index is 0.0895. The fraction of sp³-hybridized carbons (Fsp3) is 0.417. The summed E-state index contributed by atoms with van der Waals surface area (Å²) in [5.74, 6) is 0.974. The van der Waals surface area contributed by atoms with Crippen molar-refractivity contribution in [3.8, 4) is 11.5 Å². The molecule has 32 heavy (non-hydrogen) atoms. The largest absolute Gasteiger partial charge is 0.493 e. The summed E-state index contributed by atoms with van der Waals surface area (Å²) in [6.45, 7) is 1.99. The van der Waals surface area contributed by atoms with Crippen molar-refractivity contribution in [2.75, 3.05) is 41.4 Å². The molecule has 1 aromatic heterocycles. The van der Waals surface area contributed by atoms with E-state index in [0.29, 0.717) is 34.1 Å². The van der Waals surface area contributed by atoms with Gasteiger partial charge >= 0.3 is 0 Å². The molecule has 8 nitrogen and oxygen atoms in total. The summed E-state index contributed by atoms with van der Waals surface area (Å²) in [5, 5.41) is 0. The van der Waals surface area contributed by atoms with Crippen LogP contribution in [0, 0.1) is 0 Å². The van der Waals surface area contributed by atoms with Gasteiger partial charge in [0.15, 0.2) is 11.5 Å². The van der Waals surface area contributed by atoms with E-state index >= 15 is 0 Å².